The van der Waals surface area contributed by atoms with Crippen molar-refractivity contribution in [1.29, 1.82) is 0 Å². The zero-order valence-corrected chi connectivity index (χ0v) is 13.3. The molecule has 8 heteroatoms. The minimum atomic E-state index is -4.43. The first-order valence-electron chi connectivity index (χ1n) is 6.41. The van der Waals surface area contributed by atoms with Crippen LogP contribution in [0.15, 0.2) is 17.0 Å². The summed E-state index contributed by atoms with van der Waals surface area (Å²) in [6.07, 6.45) is 1.20. The molecule has 1 rings (SSSR count). The van der Waals surface area contributed by atoms with Crippen molar-refractivity contribution in [3.05, 3.63) is 29.6 Å². The van der Waals surface area contributed by atoms with E-state index in [2.05, 4.69) is 4.72 Å². The van der Waals surface area contributed by atoms with Crippen molar-refractivity contribution in [2.75, 3.05) is 12.4 Å². The molecule has 1 N–H and O–H groups in total. The van der Waals surface area contributed by atoms with Crippen LogP contribution in [0, 0.1) is 22.9 Å². The minimum absolute atomic E-state index is 0.0535. The van der Waals surface area contributed by atoms with Crippen LogP contribution < -0.4 is 4.72 Å². The summed E-state index contributed by atoms with van der Waals surface area (Å²) in [5.74, 6) is -3.91. The predicted molar refractivity (Wildman–Crippen MR) is 75.2 cm³/mol. The van der Waals surface area contributed by atoms with Gasteiger partial charge in [0.2, 0.25) is 10.0 Å². The standard InChI is InChI=1S/C13H17ClF3NO2S/c1-3-13(4-2,7-14)8-18-21(19,20)12-10(16)5-9(15)6-11(12)17/h5-6,18H,3-4,7-8H2,1-2H3. The SMILES string of the molecule is CCC(CC)(CCl)CNS(=O)(=O)c1c(F)cc(F)cc1F. The Morgan fingerprint density at radius 3 is 2.00 bits per heavy atom. The molecule has 120 valence electrons. The Morgan fingerprint density at radius 2 is 1.62 bits per heavy atom. The van der Waals surface area contributed by atoms with Crippen molar-refractivity contribution in [2.45, 2.75) is 31.6 Å². The first-order valence-corrected chi connectivity index (χ1v) is 8.43. The number of alkyl halides is 1. The lowest BCUT2D eigenvalue weighted by Gasteiger charge is -2.29. The lowest BCUT2D eigenvalue weighted by molar-refractivity contribution is 0.304. The maximum atomic E-state index is 13.5. The summed E-state index contributed by atoms with van der Waals surface area (Å²) in [4.78, 5) is -1.18. The highest BCUT2D eigenvalue weighted by molar-refractivity contribution is 7.89. The molecule has 1 aromatic rings. The van der Waals surface area contributed by atoms with Gasteiger partial charge in [-0.15, -0.1) is 11.6 Å². The number of benzene rings is 1. The third kappa shape index (κ3) is 4.11. The van der Waals surface area contributed by atoms with E-state index >= 15 is 0 Å². The van der Waals surface area contributed by atoms with E-state index in [0.29, 0.717) is 25.0 Å². The largest absolute Gasteiger partial charge is 0.246 e. The second-order valence-corrected chi connectivity index (χ2v) is 6.83. The Morgan fingerprint density at radius 1 is 1.14 bits per heavy atom. The van der Waals surface area contributed by atoms with Crippen molar-refractivity contribution >= 4 is 21.6 Å². The lowest BCUT2D eigenvalue weighted by atomic mass is 9.85. The number of nitrogens with one attached hydrogen (secondary N) is 1. The van der Waals surface area contributed by atoms with E-state index in [4.69, 9.17) is 11.6 Å². The molecule has 0 spiro atoms. The van der Waals surface area contributed by atoms with Gasteiger partial charge in [-0.3, -0.25) is 0 Å². The van der Waals surface area contributed by atoms with Gasteiger partial charge >= 0.3 is 0 Å². The normalized spacial score (nSPS) is 12.7. The fourth-order valence-corrected chi connectivity index (χ4v) is 3.59. The maximum absolute atomic E-state index is 13.5. The van der Waals surface area contributed by atoms with Crippen molar-refractivity contribution in [3.8, 4) is 0 Å². The first-order chi connectivity index (χ1) is 9.71. The molecule has 0 unspecified atom stereocenters. The van der Waals surface area contributed by atoms with E-state index < -0.39 is 37.8 Å². The zero-order chi connectivity index (χ0) is 16.3. The van der Waals surface area contributed by atoms with Crippen LogP contribution in [-0.2, 0) is 10.0 Å². The van der Waals surface area contributed by atoms with Crippen LogP contribution in [0.4, 0.5) is 13.2 Å². The van der Waals surface area contributed by atoms with Gasteiger partial charge in [-0.25, -0.2) is 26.3 Å². The summed E-state index contributed by atoms with van der Waals surface area (Å²) in [6, 6.07) is 0.651. The average molecular weight is 344 g/mol. The molecule has 0 aromatic heterocycles. The van der Waals surface area contributed by atoms with Gasteiger partial charge in [-0.05, 0) is 18.3 Å². The van der Waals surface area contributed by atoms with Gasteiger partial charge < -0.3 is 0 Å². The van der Waals surface area contributed by atoms with Gasteiger partial charge in [0.25, 0.3) is 0 Å². The van der Waals surface area contributed by atoms with Gasteiger partial charge in [0.1, 0.15) is 17.5 Å². The van der Waals surface area contributed by atoms with Crippen molar-refractivity contribution < 1.29 is 21.6 Å². The highest BCUT2D eigenvalue weighted by Gasteiger charge is 2.30. The van der Waals surface area contributed by atoms with Crippen LogP contribution >= 0.6 is 11.6 Å². The fourth-order valence-electron chi connectivity index (χ4n) is 1.84. The summed E-state index contributed by atoms with van der Waals surface area (Å²) in [6.45, 7) is 3.64. The van der Waals surface area contributed by atoms with Crippen molar-refractivity contribution in [3.63, 3.8) is 0 Å². The third-order valence-electron chi connectivity index (χ3n) is 3.65. The fraction of sp³-hybridized carbons (Fsp3) is 0.538. The van der Waals surface area contributed by atoms with Gasteiger partial charge in [0.15, 0.2) is 4.90 Å². The van der Waals surface area contributed by atoms with Crippen LogP contribution in [0.3, 0.4) is 0 Å². The molecule has 0 aliphatic rings. The first kappa shape index (κ1) is 18.3. The van der Waals surface area contributed by atoms with Gasteiger partial charge in [-0.1, -0.05) is 13.8 Å². The van der Waals surface area contributed by atoms with E-state index in [0.717, 1.165) is 0 Å². The molecule has 0 fully saturated rings. The highest BCUT2D eigenvalue weighted by atomic mass is 35.5. The number of halogens is 4. The number of sulfonamides is 1. The minimum Gasteiger partial charge on any atom is -0.210 e. The summed E-state index contributed by atoms with van der Waals surface area (Å²) >= 11 is 5.85. The Kier molecular flexibility index (Phi) is 6.07. The molecule has 0 atom stereocenters. The molecule has 0 saturated heterocycles. The Bertz CT molecular complexity index is 572. The van der Waals surface area contributed by atoms with E-state index in [1.165, 1.54) is 0 Å². The molecule has 0 aliphatic carbocycles. The van der Waals surface area contributed by atoms with Gasteiger partial charge in [-0.2, -0.15) is 0 Å². The van der Waals surface area contributed by atoms with Crippen molar-refractivity contribution in [1.82, 2.24) is 4.72 Å². The molecule has 0 bridgehead atoms. The highest BCUT2D eigenvalue weighted by Crippen LogP contribution is 2.28. The molecular weight excluding hydrogens is 327 g/mol. The lowest BCUT2D eigenvalue weighted by Crippen LogP contribution is -2.38. The smallest absolute Gasteiger partial charge is 0.210 e. The second kappa shape index (κ2) is 6.98. The number of rotatable bonds is 7. The molecule has 0 amide bonds. The molecular formula is C13H17ClF3NO2S. The molecule has 1 aromatic carbocycles. The summed E-state index contributed by atoms with van der Waals surface area (Å²) < 4.78 is 66.1. The Labute approximate surface area is 127 Å². The van der Waals surface area contributed by atoms with Crippen LogP contribution in [-0.4, -0.2) is 20.8 Å². The Balaban J connectivity index is 3.09. The molecule has 21 heavy (non-hydrogen) atoms. The summed E-state index contributed by atoms with van der Waals surface area (Å²) in [7, 11) is -4.43. The average Bonchev–Trinajstić information content (AvgIpc) is 2.39. The monoisotopic (exact) mass is 343 g/mol. The molecule has 0 aliphatic heterocycles. The molecule has 0 radical (unpaired) electrons. The van der Waals surface area contributed by atoms with Gasteiger partial charge in [0, 0.05) is 24.6 Å². The van der Waals surface area contributed by atoms with Crippen molar-refractivity contribution in [2.24, 2.45) is 5.41 Å². The molecule has 0 saturated carbocycles. The van der Waals surface area contributed by atoms with Crippen LogP contribution in [0.25, 0.3) is 0 Å². The second-order valence-electron chi connectivity index (χ2n) is 4.86. The van der Waals surface area contributed by atoms with Gasteiger partial charge in [0.05, 0.1) is 0 Å². The molecule has 0 heterocycles. The topological polar surface area (TPSA) is 46.2 Å². The quantitative estimate of drug-likeness (QED) is 0.771. The number of hydrogen-bond donors (Lipinski definition) is 1. The van der Waals surface area contributed by atoms with E-state index in [1.807, 2.05) is 13.8 Å². The van der Waals surface area contributed by atoms with Crippen LogP contribution in [0.2, 0.25) is 0 Å². The Hall–Kier alpha value is -0.790. The van der Waals surface area contributed by atoms with E-state index in [9.17, 15) is 21.6 Å². The predicted octanol–water partition coefficient (Wildman–Crippen LogP) is 3.43. The third-order valence-corrected chi connectivity index (χ3v) is 5.67. The van der Waals surface area contributed by atoms with Crippen LogP contribution in [0.1, 0.15) is 26.7 Å². The van der Waals surface area contributed by atoms with E-state index in [-0.39, 0.29) is 12.4 Å². The molecule has 3 nitrogen and oxygen atoms in total. The van der Waals surface area contributed by atoms with Crippen LogP contribution in [0.5, 0.6) is 0 Å². The zero-order valence-electron chi connectivity index (χ0n) is 11.7. The summed E-state index contributed by atoms with van der Waals surface area (Å²) in [5.41, 5.74) is -0.498. The van der Waals surface area contributed by atoms with E-state index in [1.54, 1.807) is 0 Å². The maximum Gasteiger partial charge on any atom is 0.246 e. The summed E-state index contributed by atoms with van der Waals surface area (Å²) in [5, 5.41) is 0. The number of hydrogen-bond acceptors (Lipinski definition) is 2.